The number of hydrogen-bond acceptors (Lipinski definition) is 8. The highest BCUT2D eigenvalue weighted by Crippen LogP contribution is 2.27. The van der Waals surface area contributed by atoms with Crippen LogP contribution in [0.5, 0.6) is 5.75 Å². The maximum atomic E-state index is 13.2. The number of non-ortho nitro benzene ring substituents is 1. The fraction of sp³-hybridized carbons (Fsp3) is 0.130. The molecule has 4 rings (SSSR count). The molecular weight excluding hydrogens is 509 g/mol. The molecule has 0 aliphatic carbocycles. The van der Waals surface area contributed by atoms with Gasteiger partial charge in [-0.05, 0) is 54.1 Å². The van der Waals surface area contributed by atoms with Crippen LogP contribution in [-0.4, -0.2) is 35.2 Å². The van der Waals surface area contributed by atoms with E-state index >= 15 is 0 Å². The first-order chi connectivity index (χ1) is 17.3. The van der Waals surface area contributed by atoms with Crippen molar-refractivity contribution in [2.24, 2.45) is 0 Å². The first-order valence-corrected chi connectivity index (χ1v) is 12.9. The molecule has 13 heteroatoms. The summed E-state index contributed by atoms with van der Waals surface area (Å²) in [6.45, 7) is -0.185. The van der Waals surface area contributed by atoms with Gasteiger partial charge in [0.2, 0.25) is 10.0 Å². The van der Waals surface area contributed by atoms with E-state index in [1.54, 1.807) is 16.7 Å². The molecule has 0 bridgehead atoms. The Morgan fingerprint density at radius 3 is 2.31 bits per heavy atom. The van der Waals surface area contributed by atoms with Crippen molar-refractivity contribution in [3.8, 4) is 11.4 Å². The van der Waals surface area contributed by atoms with Crippen LogP contribution < -0.4 is 9.46 Å². The van der Waals surface area contributed by atoms with Crippen molar-refractivity contribution in [1.82, 2.24) is 19.5 Å². The molecule has 36 heavy (non-hydrogen) atoms. The number of ether oxygens (including phenoxy) is 1. The Hall–Kier alpha value is -3.81. The van der Waals surface area contributed by atoms with E-state index in [4.69, 9.17) is 4.74 Å². The van der Waals surface area contributed by atoms with Gasteiger partial charge in [-0.1, -0.05) is 23.9 Å². The number of aromatic nitrogens is 3. The summed E-state index contributed by atoms with van der Waals surface area (Å²) in [5, 5.41) is 19.8. The zero-order valence-corrected chi connectivity index (χ0v) is 20.5. The monoisotopic (exact) mass is 529 g/mol. The molecule has 4 aromatic rings. The molecule has 0 unspecified atom stereocenters. The van der Waals surface area contributed by atoms with Crippen molar-refractivity contribution in [3.05, 3.63) is 100 Å². The van der Waals surface area contributed by atoms with Crippen LogP contribution in [0.2, 0.25) is 0 Å². The number of benzene rings is 3. The minimum absolute atomic E-state index is 0.0515. The van der Waals surface area contributed by atoms with Gasteiger partial charge in [0.25, 0.3) is 5.69 Å². The van der Waals surface area contributed by atoms with E-state index in [2.05, 4.69) is 14.9 Å². The molecule has 0 atom stereocenters. The molecule has 0 spiro atoms. The van der Waals surface area contributed by atoms with Crippen molar-refractivity contribution in [2.45, 2.75) is 22.3 Å². The van der Waals surface area contributed by atoms with Gasteiger partial charge < -0.3 is 4.74 Å². The predicted octanol–water partition coefficient (Wildman–Crippen LogP) is 4.09. The zero-order valence-electron chi connectivity index (χ0n) is 18.9. The first kappa shape index (κ1) is 25.3. The first-order valence-electron chi connectivity index (χ1n) is 10.5. The lowest BCUT2D eigenvalue weighted by Crippen LogP contribution is -2.25. The predicted molar refractivity (Wildman–Crippen MR) is 131 cm³/mol. The number of nitro benzene ring substituents is 1. The minimum atomic E-state index is -3.87. The molecule has 1 aromatic heterocycles. The van der Waals surface area contributed by atoms with Crippen molar-refractivity contribution in [3.63, 3.8) is 0 Å². The Balaban J connectivity index is 1.61. The maximum Gasteiger partial charge on any atom is 0.269 e. The third-order valence-electron chi connectivity index (χ3n) is 5.09. The number of rotatable bonds is 10. The average Bonchev–Trinajstić information content (AvgIpc) is 3.30. The van der Waals surface area contributed by atoms with E-state index in [1.165, 1.54) is 79.5 Å². The van der Waals surface area contributed by atoms with E-state index in [0.29, 0.717) is 22.3 Å². The standard InChI is InChI=1S/C23H20FN5O5S2/c1-34-20-10-12-21(13-11-20)36(32,33)25-14-22-26-27-23(35-15-16-2-4-17(24)5-3-16)28(22)18-6-8-19(9-7-18)29(30)31/h2-13,25H,14-15H2,1H3. The van der Waals surface area contributed by atoms with E-state index < -0.39 is 14.9 Å². The molecule has 0 saturated carbocycles. The summed E-state index contributed by atoms with van der Waals surface area (Å²) in [5.74, 6) is 0.907. The Kier molecular flexibility index (Phi) is 7.62. The van der Waals surface area contributed by atoms with Crippen LogP contribution in [0.25, 0.3) is 5.69 Å². The molecule has 0 saturated heterocycles. The molecule has 0 aliphatic heterocycles. The summed E-state index contributed by atoms with van der Waals surface area (Å²) in [4.78, 5) is 10.6. The Morgan fingerprint density at radius 2 is 1.69 bits per heavy atom. The maximum absolute atomic E-state index is 13.2. The molecule has 3 aromatic carbocycles. The Labute approximate surface area is 210 Å². The summed E-state index contributed by atoms with van der Waals surface area (Å²) in [5.41, 5.74) is 1.28. The molecular formula is C23H20FN5O5S2. The normalized spacial score (nSPS) is 11.4. The van der Waals surface area contributed by atoms with Gasteiger partial charge in [-0.2, -0.15) is 0 Å². The van der Waals surface area contributed by atoms with Gasteiger partial charge in [0.15, 0.2) is 11.0 Å². The van der Waals surface area contributed by atoms with E-state index in [0.717, 1.165) is 5.56 Å². The van der Waals surface area contributed by atoms with Crippen LogP contribution >= 0.6 is 11.8 Å². The quantitative estimate of drug-likeness (QED) is 0.185. The van der Waals surface area contributed by atoms with Crippen LogP contribution in [-0.2, 0) is 22.3 Å². The fourth-order valence-electron chi connectivity index (χ4n) is 3.22. The number of nitrogens with one attached hydrogen (secondary N) is 1. The third-order valence-corrected chi connectivity index (χ3v) is 7.51. The van der Waals surface area contributed by atoms with Crippen molar-refractivity contribution in [1.29, 1.82) is 0 Å². The van der Waals surface area contributed by atoms with Crippen molar-refractivity contribution >= 4 is 27.5 Å². The number of halogens is 1. The SMILES string of the molecule is COc1ccc(S(=O)(=O)NCc2nnc(SCc3ccc(F)cc3)n2-c2ccc([N+](=O)[O-])cc2)cc1. The lowest BCUT2D eigenvalue weighted by Gasteiger charge is -2.11. The molecule has 1 heterocycles. The lowest BCUT2D eigenvalue weighted by atomic mass is 10.2. The topological polar surface area (TPSA) is 129 Å². The molecule has 0 amide bonds. The van der Waals surface area contributed by atoms with E-state index in [-0.39, 0.29) is 28.8 Å². The largest absolute Gasteiger partial charge is 0.497 e. The van der Waals surface area contributed by atoms with Gasteiger partial charge >= 0.3 is 0 Å². The number of hydrogen-bond donors (Lipinski definition) is 1. The number of nitro groups is 1. The van der Waals surface area contributed by atoms with Gasteiger partial charge in [0, 0.05) is 23.6 Å². The smallest absolute Gasteiger partial charge is 0.269 e. The van der Waals surface area contributed by atoms with Crippen LogP contribution in [0.1, 0.15) is 11.4 Å². The second-order valence-electron chi connectivity index (χ2n) is 7.42. The van der Waals surface area contributed by atoms with E-state index in [9.17, 15) is 22.9 Å². The molecule has 0 aliphatic rings. The van der Waals surface area contributed by atoms with Crippen LogP contribution in [0.4, 0.5) is 10.1 Å². The summed E-state index contributed by atoms with van der Waals surface area (Å²) in [7, 11) is -2.38. The van der Waals surface area contributed by atoms with Gasteiger partial charge in [-0.3, -0.25) is 14.7 Å². The van der Waals surface area contributed by atoms with Gasteiger partial charge in [0.1, 0.15) is 11.6 Å². The number of thioether (sulfide) groups is 1. The van der Waals surface area contributed by atoms with Crippen LogP contribution in [0.15, 0.2) is 82.8 Å². The van der Waals surface area contributed by atoms with Crippen molar-refractivity contribution in [2.75, 3.05) is 7.11 Å². The van der Waals surface area contributed by atoms with Crippen LogP contribution in [0, 0.1) is 15.9 Å². The summed E-state index contributed by atoms with van der Waals surface area (Å²) >= 11 is 1.31. The summed E-state index contributed by atoms with van der Waals surface area (Å²) < 4.78 is 48.0. The molecule has 0 fully saturated rings. The zero-order chi connectivity index (χ0) is 25.7. The van der Waals surface area contributed by atoms with Crippen LogP contribution in [0.3, 0.4) is 0 Å². The molecule has 1 N–H and O–H groups in total. The van der Waals surface area contributed by atoms with E-state index in [1.807, 2.05) is 0 Å². The highest BCUT2D eigenvalue weighted by Gasteiger charge is 2.20. The molecule has 186 valence electrons. The minimum Gasteiger partial charge on any atom is -0.497 e. The third kappa shape index (κ3) is 5.87. The van der Waals surface area contributed by atoms with Gasteiger partial charge in [-0.15, -0.1) is 10.2 Å². The lowest BCUT2D eigenvalue weighted by molar-refractivity contribution is -0.384. The Morgan fingerprint density at radius 1 is 1.03 bits per heavy atom. The Bertz CT molecular complexity index is 1460. The van der Waals surface area contributed by atoms with Crippen molar-refractivity contribution < 1.29 is 22.5 Å². The fourth-order valence-corrected chi connectivity index (χ4v) is 5.12. The van der Waals surface area contributed by atoms with Gasteiger partial charge in [0.05, 0.1) is 23.5 Å². The summed E-state index contributed by atoms with van der Waals surface area (Å²) in [6, 6.07) is 17.7. The molecule has 0 radical (unpaired) electrons. The second kappa shape index (κ2) is 10.8. The van der Waals surface area contributed by atoms with Gasteiger partial charge in [-0.25, -0.2) is 17.5 Å². The average molecular weight is 530 g/mol. The number of nitrogens with zero attached hydrogens (tertiary/aromatic N) is 4. The number of methoxy groups -OCH3 is 1. The summed E-state index contributed by atoms with van der Waals surface area (Å²) in [6.07, 6.45) is 0. The highest BCUT2D eigenvalue weighted by atomic mass is 32.2. The second-order valence-corrected chi connectivity index (χ2v) is 10.1. The highest BCUT2D eigenvalue weighted by molar-refractivity contribution is 7.98. The molecule has 10 nitrogen and oxygen atoms in total. The number of sulfonamides is 1.